The van der Waals surface area contributed by atoms with Gasteiger partial charge in [-0.05, 0) is 36.4 Å². The SMILES string of the molecule is NC(=O)c1cc(Sc2ccc(N)cc2)ccn1. The summed E-state index contributed by atoms with van der Waals surface area (Å²) in [6, 6.07) is 11.0. The second-order valence-corrected chi connectivity index (χ2v) is 4.56. The highest BCUT2D eigenvalue weighted by atomic mass is 32.2. The molecule has 0 saturated carbocycles. The molecule has 0 bridgehead atoms. The van der Waals surface area contributed by atoms with Crippen LogP contribution in [-0.4, -0.2) is 10.9 Å². The Morgan fingerprint density at radius 3 is 2.47 bits per heavy atom. The summed E-state index contributed by atoms with van der Waals surface area (Å²) in [7, 11) is 0. The lowest BCUT2D eigenvalue weighted by atomic mass is 10.3. The van der Waals surface area contributed by atoms with Crippen LogP contribution in [0.15, 0.2) is 52.4 Å². The molecule has 86 valence electrons. The maximum absolute atomic E-state index is 11.0. The second-order valence-electron chi connectivity index (χ2n) is 3.41. The van der Waals surface area contributed by atoms with Crippen LogP contribution in [0.1, 0.15) is 10.5 Å². The third-order valence-electron chi connectivity index (χ3n) is 2.10. The number of anilines is 1. The van der Waals surface area contributed by atoms with E-state index >= 15 is 0 Å². The lowest BCUT2D eigenvalue weighted by Gasteiger charge is -2.03. The monoisotopic (exact) mass is 245 g/mol. The number of hydrogen-bond acceptors (Lipinski definition) is 4. The van der Waals surface area contributed by atoms with Gasteiger partial charge in [0.05, 0.1) is 0 Å². The summed E-state index contributed by atoms with van der Waals surface area (Å²) >= 11 is 1.52. The van der Waals surface area contributed by atoms with Gasteiger partial charge in [-0.2, -0.15) is 0 Å². The molecule has 0 aliphatic rings. The molecule has 4 N–H and O–H groups in total. The molecular weight excluding hydrogens is 234 g/mol. The first kappa shape index (κ1) is 11.5. The minimum absolute atomic E-state index is 0.269. The minimum Gasteiger partial charge on any atom is -0.399 e. The average molecular weight is 245 g/mol. The maximum atomic E-state index is 11.0. The summed E-state index contributed by atoms with van der Waals surface area (Å²) in [5.74, 6) is -0.523. The molecular formula is C12H11N3OS. The Bertz CT molecular complexity index is 540. The summed E-state index contributed by atoms with van der Waals surface area (Å²) < 4.78 is 0. The zero-order valence-electron chi connectivity index (χ0n) is 8.96. The second kappa shape index (κ2) is 4.88. The molecule has 0 spiro atoms. The lowest BCUT2D eigenvalue weighted by Crippen LogP contribution is -2.12. The molecule has 1 aromatic carbocycles. The predicted octanol–water partition coefficient (Wildman–Crippen LogP) is 1.91. The Labute approximate surface area is 103 Å². The smallest absolute Gasteiger partial charge is 0.267 e. The van der Waals surface area contributed by atoms with Gasteiger partial charge in [0, 0.05) is 21.7 Å². The Kier molecular flexibility index (Phi) is 3.30. The fourth-order valence-corrected chi connectivity index (χ4v) is 2.13. The zero-order valence-corrected chi connectivity index (χ0v) is 9.78. The molecule has 0 saturated heterocycles. The molecule has 0 atom stereocenters. The van der Waals surface area contributed by atoms with E-state index < -0.39 is 5.91 Å². The van der Waals surface area contributed by atoms with Crippen molar-refractivity contribution in [2.24, 2.45) is 5.73 Å². The van der Waals surface area contributed by atoms with Crippen LogP contribution >= 0.6 is 11.8 Å². The van der Waals surface area contributed by atoms with Gasteiger partial charge < -0.3 is 11.5 Å². The molecule has 4 nitrogen and oxygen atoms in total. The fraction of sp³-hybridized carbons (Fsp3) is 0. The summed E-state index contributed by atoms with van der Waals surface area (Å²) in [6.45, 7) is 0. The molecule has 1 aromatic heterocycles. The first-order chi connectivity index (χ1) is 8.15. The van der Waals surface area contributed by atoms with Crippen molar-refractivity contribution < 1.29 is 4.79 Å². The first-order valence-corrected chi connectivity index (χ1v) is 5.76. The number of amides is 1. The number of primary amides is 1. The van der Waals surface area contributed by atoms with Crippen molar-refractivity contribution in [1.29, 1.82) is 0 Å². The van der Waals surface area contributed by atoms with E-state index in [9.17, 15) is 4.79 Å². The van der Waals surface area contributed by atoms with Crippen LogP contribution in [0.2, 0.25) is 0 Å². The van der Waals surface area contributed by atoms with Crippen molar-refractivity contribution in [3.63, 3.8) is 0 Å². The topological polar surface area (TPSA) is 82.0 Å². The molecule has 17 heavy (non-hydrogen) atoms. The zero-order chi connectivity index (χ0) is 12.3. The standard InChI is InChI=1S/C12H11N3OS/c13-8-1-3-9(4-2-8)17-10-5-6-15-11(7-10)12(14)16/h1-7H,13H2,(H2,14,16). The molecule has 0 aliphatic carbocycles. The quantitative estimate of drug-likeness (QED) is 0.809. The van der Waals surface area contributed by atoms with Crippen LogP contribution in [0.5, 0.6) is 0 Å². The van der Waals surface area contributed by atoms with Gasteiger partial charge in [-0.15, -0.1) is 0 Å². The van der Waals surface area contributed by atoms with E-state index in [2.05, 4.69) is 4.98 Å². The van der Waals surface area contributed by atoms with E-state index in [1.54, 1.807) is 12.3 Å². The highest BCUT2D eigenvalue weighted by molar-refractivity contribution is 7.99. The normalized spacial score (nSPS) is 10.1. The molecule has 2 rings (SSSR count). The van der Waals surface area contributed by atoms with E-state index in [1.807, 2.05) is 30.3 Å². The molecule has 1 heterocycles. The number of nitrogen functional groups attached to an aromatic ring is 1. The average Bonchev–Trinajstić information content (AvgIpc) is 2.32. The number of carbonyl (C=O) groups excluding carboxylic acids is 1. The summed E-state index contributed by atoms with van der Waals surface area (Å²) in [4.78, 5) is 16.8. The van der Waals surface area contributed by atoms with Gasteiger partial charge in [-0.3, -0.25) is 9.78 Å². The van der Waals surface area contributed by atoms with E-state index in [1.165, 1.54) is 11.8 Å². The number of benzene rings is 1. The Hall–Kier alpha value is -2.01. The van der Waals surface area contributed by atoms with Gasteiger partial charge in [0.1, 0.15) is 5.69 Å². The summed E-state index contributed by atoms with van der Waals surface area (Å²) in [5.41, 5.74) is 11.8. The van der Waals surface area contributed by atoms with Gasteiger partial charge in [0.25, 0.3) is 5.91 Å². The van der Waals surface area contributed by atoms with Gasteiger partial charge in [-0.1, -0.05) is 11.8 Å². The number of pyridine rings is 1. The third-order valence-corrected chi connectivity index (χ3v) is 3.10. The van der Waals surface area contributed by atoms with Gasteiger partial charge >= 0.3 is 0 Å². The number of rotatable bonds is 3. The van der Waals surface area contributed by atoms with Crippen molar-refractivity contribution >= 4 is 23.4 Å². The van der Waals surface area contributed by atoms with E-state index in [-0.39, 0.29) is 5.69 Å². The highest BCUT2D eigenvalue weighted by Crippen LogP contribution is 2.27. The predicted molar refractivity (Wildman–Crippen MR) is 67.7 cm³/mol. The summed E-state index contributed by atoms with van der Waals surface area (Å²) in [5, 5.41) is 0. The number of carbonyl (C=O) groups is 1. The first-order valence-electron chi connectivity index (χ1n) is 4.94. The molecule has 0 unspecified atom stereocenters. The molecule has 2 aromatic rings. The number of aromatic nitrogens is 1. The molecule has 0 fully saturated rings. The van der Waals surface area contributed by atoms with Gasteiger partial charge in [-0.25, -0.2) is 0 Å². The van der Waals surface area contributed by atoms with Crippen molar-refractivity contribution in [2.75, 3.05) is 5.73 Å². The Balaban J connectivity index is 2.21. The lowest BCUT2D eigenvalue weighted by molar-refractivity contribution is 0.0995. The van der Waals surface area contributed by atoms with Crippen molar-refractivity contribution in [1.82, 2.24) is 4.98 Å². The van der Waals surface area contributed by atoms with E-state index in [4.69, 9.17) is 11.5 Å². The van der Waals surface area contributed by atoms with E-state index in [0.717, 1.165) is 15.5 Å². The fourth-order valence-electron chi connectivity index (χ4n) is 1.28. The van der Waals surface area contributed by atoms with Crippen LogP contribution in [0.3, 0.4) is 0 Å². The number of nitrogens with two attached hydrogens (primary N) is 2. The van der Waals surface area contributed by atoms with Crippen LogP contribution < -0.4 is 11.5 Å². The van der Waals surface area contributed by atoms with Crippen molar-refractivity contribution in [3.05, 3.63) is 48.3 Å². The molecule has 0 radical (unpaired) electrons. The van der Waals surface area contributed by atoms with E-state index in [0.29, 0.717) is 0 Å². The largest absolute Gasteiger partial charge is 0.399 e. The molecule has 0 aliphatic heterocycles. The van der Waals surface area contributed by atoms with Crippen molar-refractivity contribution in [2.45, 2.75) is 9.79 Å². The highest BCUT2D eigenvalue weighted by Gasteiger charge is 2.04. The Morgan fingerprint density at radius 1 is 1.12 bits per heavy atom. The third kappa shape index (κ3) is 2.98. The number of nitrogens with zero attached hydrogens (tertiary/aromatic N) is 1. The van der Waals surface area contributed by atoms with Crippen LogP contribution in [0.4, 0.5) is 5.69 Å². The minimum atomic E-state index is -0.523. The van der Waals surface area contributed by atoms with Crippen molar-refractivity contribution in [3.8, 4) is 0 Å². The molecule has 1 amide bonds. The van der Waals surface area contributed by atoms with Crippen LogP contribution in [0, 0.1) is 0 Å². The van der Waals surface area contributed by atoms with Crippen LogP contribution in [-0.2, 0) is 0 Å². The maximum Gasteiger partial charge on any atom is 0.267 e. The Morgan fingerprint density at radius 2 is 1.82 bits per heavy atom. The summed E-state index contributed by atoms with van der Waals surface area (Å²) in [6.07, 6.45) is 1.57. The van der Waals surface area contributed by atoms with Gasteiger partial charge in [0.2, 0.25) is 0 Å². The molecule has 5 heteroatoms. The van der Waals surface area contributed by atoms with Crippen LogP contribution in [0.25, 0.3) is 0 Å². The van der Waals surface area contributed by atoms with Gasteiger partial charge in [0.15, 0.2) is 0 Å². The number of hydrogen-bond donors (Lipinski definition) is 2.